The zero-order valence-electron chi connectivity index (χ0n) is 10.4. The van der Waals surface area contributed by atoms with Crippen molar-refractivity contribution in [1.82, 2.24) is 5.43 Å². The van der Waals surface area contributed by atoms with Crippen molar-refractivity contribution in [2.75, 3.05) is 13.2 Å². The van der Waals surface area contributed by atoms with Crippen molar-refractivity contribution in [3.8, 4) is 0 Å². The Morgan fingerprint density at radius 1 is 1.07 bits per heavy atom. The largest absolute Gasteiger partial charge is 0.380 e. The highest BCUT2D eigenvalue weighted by Crippen LogP contribution is 2.08. The summed E-state index contributed by atoms with van der Waals surface area (Å²) < 4.78 is 5.34. The fourth-order valence-corrected chi connectivity index (χ4v) is 1.65. The molecule has 0 amide bonds. The Bertz CT molecular complexity index is 120. The Hall–Kier alpha value is -0.120. The van der Waals surface area contributed by atoms with Crippen molar-refractivity contribution in [2.24, 2.45) is 5.84 Å². The number of nitrogens with two attached hydrogens (primary N) is 1. The Balaban J connectivity index is 3.22. The normalized spacial score (nSPS) is 13.0. The minimum Gasteiger partial charge on any atom is -0.380 e. The lowest BCUT2D eigenvalue weighted by Crippen LogP contribution is -2.38. The Morgan fingerprint density at radius 3 is 2.33 bits per heavy atom. The van der Waals surface area contributed by atoms with E-state index in [0.717, 1.165) is 19.6 Å². The molecule has 92 valence electrons. The summed E-state index contributed by atoms with van der Waals surface area (Å²) in [5.74, 6) is 5.45. The highest BCUT2D eigenvalue weighted by molar-refractivity contribution is 4.62. The molecular weight excluding hydrogens is 188 g/mol. The van der Waals surface area contributed by atoms with Crippen LogP contribution in [0.2, 0.25) is 0 Å². The fraction of sp³-hybridized carbons (Fsp3) is 1.00. The molecule has 0 aliphatic rings. The zero-order valence-corrected chi connectivity index (χ0v) is 10.4. The minimum atomic E-state index is 0.330. The topological polar surface area (TPSA) is 47.3 Å². The van der Waals surface area contributed by atoms with Gasteiger partial charge in [0.15, 0.2) is 0 Å². The SMILES string of the molecule is CCCCCCCCC(COCC)NN. The number of nitrogens with one attached hydrogen (secondary N) is 1. The summed E-state index contributed by atoms with van der Waals surface area (Å²) in [6.45, 7) is 5.77. The highest BCUT2D eigenvalue weighted by atomic mass is 16.5. The molecule has 0 aromatic rings. The molecule has 3 N–H and O–H groups in total. The van der Waals surface area contributed by atoms with Gasteiger partial charge < -0.3 is 4.74 Å². The maximum Gasteiger partial charge on any atom is 0.0632 e. The molecule has 0 aromatic heterocycles. The molecule has 0 spiro atoms. The first-order valence-electron chi connectivity index (χ1n) is 6.39. The average molecular weight is 216 g/mol. The van der Waals surface area contributed by atoms with Gasteiger partial charge in [-0.3, -0.25) is 11.3 Å². The number of unbranched alkanes of at least 4 members (excludes halogenated alkanes) is 5. The van der Waals surface area contributed by atoms with Gasteiger partial charge in [-0.1, -0.05) is 45.4 Å². The number of ether oxygens (including phenoxy) is 1. The van der Waals surface area contributed by atoms with Crippen LogP contribution >= 0.6 is 0 Å². The van der Waals surface area contributed by atoms with E-state index < -0.39 is 0 Å². The summed E-state index contributed by atoms with van der Waals surface area (Å²) in [6.07, 6.45) is 9.13. The maximum absolute atomic E-state index is 5.45. The van der Waals surface area contributed by atoms with Crippen LogP contribution in [0.3, 0.4) is 0 Å². The minimum absolute atomic E-state index is 0.330. The second-order valence-electron chi connectivity index (χ2n) is 4.08. The van der Waals surface area contributed by atoms with E-state index >= 15 is 0 Å². The first-order valence-corrected chi connectivity index (χ1v) is 6.39. The van der Waals surface area contributed by atoms with Crippen LogP contribution in [-0.2, 0) is 4.74 Å². The second-order valence-corrected chi connectivity index (χ2v) is 4.08. The van der Waals surface area contributed by atoms with E-state index in [4.69, 9.17) is 10.6 Å². The van der Waals surface area contributed by atoms with Crippen molar-refractivity contribution < 1.29 is 4.74 Å². The van der Waals surface area contributed by atoms with E-state index in [2.05, 4.69) is 12.3 Å². The third-order valence-electron chi connectivity index (χ3n) is 2.67. The predicted octanol–water partition coefficient (Wildman–Crippen LogP) is 2.61. The first-order chi connectivity index (χ1) is 7.35. The molecule has 0 aliphatic heterocycles. The molecule has 3 heteroatoms. The molecule has 0 fully saturated rings. The van der Waals surface area contributed by atoms with E-state index in [0.29, 0.717) is 6.04 Å². The fourth-order valence-electron chi connectivity index (χ4n) is 1.65. The Labute approximate surface area is 94.7 Å². The lowest BCUT2D eigenvalue weighted by Gasteiger charge is -2.15. The summed E-state index contributed by atoms with van der Waals surface area (Å²) in [6, 6.07) is 0.330. The summed E-state index contributed by atoms with van der Waals surface area (Å²) in [7, 11) is 0. The van der Waals surface area contributed by atoms with Gasteiger partial charge in [-0.2, -0.15) is 0 Å². The molecule has 15 heavy (non-hydrogen) atoms. The Kier molecular flexibility index (Phi) is 11.9. The van der Waals surface area contributed by atoms with Gasteiger partial charge in [0.2, 0.25) is 0 Å². The second kappa shape index (κ2) is 12.0. The van der Waals surface area contributed by atoms with Crippen LogP contribution in [0.4, 0.5) is 0 Å². The molecular formula is C12H28N2O. The van der Waals surface area contributed by atoms with E-state index in [-0.39, 0.29) is 0 Å². The molecule has 1 atom stereocenters. The number of hydrazine groups is 1. The smallest absolute Gasteiger partial charge is 0.0632 e. The van der Waals surface area contributed by atoms with Gasteiger partial charge >= 0.3 is 0 Å². The molecule has 0 radical (unpaired) electrons. The number of hydrogen-bond donors (Lipinski definition) is 2. The molecule has 3 nitrogen and oxygen atoms in total. The lowest BCUT2D eigenvalue weighted by atomic mass is 10.1. The van der Waals surface area contributed by atoms with E-state index in [1.807, 2.05) is 6.92 Å². The number of rotatable bonds is 11. The van der Waals surface area contributed by atoms with Gasteiger partial charge in [0.05, 0.1) is 6.61 Å². The van der Waals surface area contributed by atoms with Gasteiger partial charge in [0.1, 0.15) is 0 Å². The van der Waals surface area contributed by atoms with Gasteiger partial charge in [-0.05, 0) is 13.3 Å². The monoisotopic (exact) mass is 216 g/mol. The van der Waals surface area contributed by atoms with Gasteiger partial charge in [0.25, 0.3) is 0 Å². The Morgan fingerprint density at radius 2 is 1.73 bits per heavy atom. The van der Waals surface area contributed by atoms with Crippen molar-refractivity contribution >= 4 is 0 Å². The van der Waals surface area contributed by atoms with Gasteiger partial charge in [0, 0.05) is 12.6 Å². The summed E-state index contributed by atoms with van der Waals surface area (Å²) >= 11 is 0. The quantitative estimate of drug-likeness (QED) is 0.317. The molecule has 0 bridgehead atoms. The van der Waals surface area contributed by atoms with Crippen LogP contribution < -0.4 is 11.3 Å². The highest BCUT2D eigenvalue weighted by Gasteiger charge is 2.05. The molecule has 1 unspecified atom stereocenters. The van der Waals surface area contributed by atoms with Crippen molar-refractivity contribution in [3.63, 3.8) is 0 Å². The van der Waals surface area contributed by atoms with Crippen LogP contribution in [0.25, 0.3) is 0 Å². The third kappa shape index (κ3) is 10.2. The molecule has 0 rings (SSSR count). The third-order valence-corrected chi connectivity index (χ3v) is 2.67. The molecule has 0 saturated heterocycles. The number of hydrogen-bond acceptors (Lipinski definition) is 3. The summed E-state index contributed by atoms with van der Waals surface area (Å²) in [4.78, 5) is 0. The van der Waals surface area contributed by atoms with Crippen LogP contribution in [0.15, 0.2) is 0 Å². The molecule has 0 saturated carbocycles. The van der Waals surface area contributed by atoms with Gasteiger partial charge in [-0.25, -0.2) is 0 Å². The maximum atomic E-state index is 5.45. The van der Waals surface area contributed by atoms with E-state index in [9.17, 15) is 0 Å². The average Bonchev–Trinajstić information content (AvgIpc) is 2.27. The van der Waals surface area contributed by atoms with Crippen molar-refractivity contribution in [2.45, 2.75) is 64.8 Å². The zero-order chi connectivity index (χ0) is 11.4. The predicted molar refractivity (Wildman–Crippen MR) is 65.6 cm³/mol. The standard InChI is InChI=1S/C12H28N2O/c1-3-5-6-7-8-9-10-12(14-13)11-15-4-2/h12,14H,3-11,13H2,1-2H3. The molecule has 0 aliphatic carbocycles. The molecule has 0 aromatic carbocycles. The van der Waals surface area contributed by atoms with Gasteiger partial charge in [-0.15, -0.1) is 0 Å². The van der Waals surface area contributed by atoms with Crippen LogP contribution in [0, 0.1) is 0 Å². The van der Waals surface area contributed by atoms with E-state index in [1.165, 1.54) is 38.5 Å². The van der Waals surface area contributed by atoms with Crippen molar-refractivity contribution in [1.29, 1.82) is 0 Å². The summed E-state index contributed by atoms with van der Waals surface area (Å²) in [5, 5.41) is 0. The van der Waals surface area contributed by atoms with Crippen LogP contribution in [0.5, 0.6) is 0 Å². The first kappa shape index (κ1) is 14.9. The van der Waals surface area contributed by atoms with Crippen LogP contribution in [-0.4, -0.2) is 19.3 Å². The van der Waals surface area contributed by atoms with E-state index in [1.54, 1.807) is 0 Å². The summed E-state index contributed by atoms with van der Waals surface area (Å²) in [5.41, 5.74) is 2.81. The van der Waals surface area contributed by atoms with Crippen molar-refractivity contribution in [3.05, 3.63) is 0 Å². The molecule has 0 heterocycles. The van der Waals surface area contributed by atoms with Crippen LogP contribution in [0.1, 0.15) is 58.8 Å². The lowest BCUT2D eigenvalue weighted by molar-refractivity contribution is 0.119.